The third kappa shape index (κ3) is 38.2. The number of hydrogen-bond donors (Lipinski definition) is 3. The zero-order valence-corrected chi connectivity index (χ0v) is 35.1. The molecule has 1 amide bonds. The average molecular weight is 749 g/mol. The van der Waals surface area contributed by atoms with Crippen LogP contribution < -0.4 is 11.1 Å². The SMILES string of the molecule is CCCCCCCCCC/C=C\CCCCCCCCCCCCCC(=O)OC(CCCCCCC)CCCCCCC(=O)NC(CCCN)C(=O)O. The van der Waals surface area contributed by atoms with Crippen LogP contribution in [0.25, 0.3) is 0 Å². The fourth-order valence-electron chi connectivity index (χ4n) is 7.09. The minimum absolute atomic E-state index is 0.00713. The van der Waals surface area contributed by atoms with Gasteiger partial charge in [0, 0.05) is 12.8 Å². The maximum absolute atomic E-state index is 12.7. The Morgan fingerprint density at radius 3 is 1.36 bits per heavy atom. The van der Waals surface area contributed by atoms with E-state index in [4.69, 9.17) is 10.5 Å². The number of aliphatic carboxylic acids is 1. The number of hydrogen-bond acceptors (Lipinski definition) is 5. The summed E-state index contributed by atoms with van der Waals surface area (Å²) in [5.74, 6) is -1.26. The van der Waals surface area contributed by atoms with Gasteiger partial charge in [-0.15, -0.1) is 0 Å². The molecule has 0 saturated heterocycles. The van der Waals surface area contributed by atoms with Crippen LogP contribution in [0.15, 0.2) is 12.2 Å². The largest absolute Gasteiger partial charge is 0.480 e. The summed E-state index contributed by atoms with van der Waals surface area (Å²) in [7, 11) is 0. The maximum atomic E-state index is 12.7. The van der Waals surface area contributed by atoms with E-state index in [2.05, 4.69) is 31.3 Å². The van der Waals surface area contributed by atoms with Crippen LogP contribution in [0.5, 0.6) is 0 Å². The van der Waals surface area contributed by atoms with Crippen LogP contribution in [0, 0.1) is 0 Å². The first kappa shape index (κ1) is 51.1. The van der Waals surface area contributed by atoms with Crippen molar-refractivity contribution in [2.75, 3.05) is 6.54 Å². The molecule has 0 radical (unpaired) electrons. The van der Waals surface area contributed by atoms with E-state index in [0.29, 0.717) is 32.2 Å². The van der Waals surface area contributed by atoms with Crippen LogP contribution in [0.4, 0.5) is 0 Å². The van der Waals surface area contributed by atoms with Gasteiger partial charge in [0.05, 0.1) is 0 Å². The molecule has 0 aliphatic rings. The molecule has 0 heterocycles. The summed E-state index contributed by atoms with van der Waals surface area (Å²) in [4.78, 5) is 36.2. The molecule has 53 heavy (non-hydrogen) atoms. The van der Waals surface area contributed by atoms with Crippen molar-refractivity contribution in [2.45, 2.75) is 257 Å². The van der Waals surface area contributed by atoms with Gasteiger partial charge in [0.25, 0.3) is 0 Å². The molecule has 0 aromatic carbocycles. The molecule has 4 N–H and O–H groups in total. The number of amides is 1. The molecule has 2 unspecified atom stereocenters. The Morgan fingerprint density at radius 1 is 0.528 bits per heavy atom. The number of carbonyl (C=O) groups excluding carboxylic acids is 2. The van der Waals surface area contributed by atoms with Crippen molar-refractivity contribution in [1.82, 2.24) is 5.32 Å². The van der Waals surface area contributed by atoms with Gasteiger partial charge < -0.3 is 20.9 Å². The first-order valence-corrected chi connectivity index (χ1v) is 23.0. The van der Waals surface area contributed by atoms with E-state index in [9.17, 15) is 19.5 Å². The smallest absolute Gasteiger partial charge is 0.326 e. The quantitative estimate of drug-likeness (QED) is 0.0325. The Bertz CT molecular complexity index is 848. The van der Waals surface area contributed by atoms with E-state index in [0.717, 1.165) is 57.8 Å². The summed E-state index contributed by atoms with van der Waals surface area (Å²) in [6.07, 6.45) is 45.7. The van der Waals surface area contributed by atoms with E-state index >= 15 is 0 Å². The van der Waals surface area contributed by atoms with Crippen molar-refractivity contribution in [3.63, 3.8) is 0 Å². The fraction of sp³-hybridized carbons (Fsp3) is 0.891. The first-order chi connectivity index (χ1) is 25.9. The molecule has 0 spiro atoms. The lowest BCUT2D eigenvalue weighted by molar-refractivity contribution is -0.150. The molecule has 312 valence electrons. The summed E-state index contributed by atoms with van der Waals surface area (Å²) in [5.41, 5.74) is 5.48. The second-order valence-electron chi connectivity index (χ2n) is 15.8. The van der Waals surface area contributed by atoms with Crippen molar-refractivity contribution in [3.05, 3.63) is 12.2 Å². The van der Waals surface area contributed by atoms with E-state index in [1.165, 1.54) is 148 Å². The normalized spacial score (nSPS) is 12.7. The summed E-state index contributed by atoms with van der Waals surface area (Å²) in [6.45, 7) is 4.92. The molecule has 7 heteroatoms. The van der Waals surface area contributed by atoms with Crippen molar-refractivity contribution in [2.24, 2.45) is 5.73 Å². The number of allylic oxidation sites excluding steroid dienone is 2. The number of carbonyl (C=O) groups is 3. The molecule has 0 aromatic heterocycles. The Hall–Kier alpha value is -1.89. The highest BCUT2D eigenvalue weighted by molar-refractivity contribution is 5.83. The van der Waals surface area contributed by atoms with Crippen molar-refractivity contribution >= 4 is 17.8 Å². The second-order valence-corrected chi connectivity index (χ2v) is 15.8. The van der Waals surface area contributed by atoms with E-state index in [-0.39, 0.29) is 18.0 Å². The number of carboxylic acids is 1. The van der Waals surface area contributed by atoms with Crippen molar-refractivity contribution in [1.29, 1.82) is 0 Å². The van der Waals surface area contributed by atoms with Crippen LogP contribution in [0.3, 0.4) is 0 Å². The molecule has 0 fully saturated rings. The van der Waals surface area contributed by atoms with Gasteiger partial charge >= 0.3 is 11.9 Å². The number of esters is 1. The highest BCUT2D eigenvalue weighted by Crippen LogP contribution is 2.19. The van der Waals surface area contributed by atoms with Crippen LogP contribution >= 0.6 is 0 Å². The summed E-state index contributed by atoms with van der Waals surface area (Å²) >= 11 is 0. The Morgan fingerprint density at radius 2 is 0.925 bits per heavy atom. The molecule has 0 bridgehead atoms. The molecule has 0 aliphatic carbocycles. The third-order valence-electron chi connectivity index (χ3n) is 10.6. The lowest BCUT2D eigenvalue weighted by Gasteiger charge is -2.18. The highest BCUT2D eigenvalue weighted by atomic mass is 16.5. The monoisotopic (exact) mass is 749 g/mol. The number of carboxylic acid groups (broad SMARTS) is 1. The topological polar surface area (TPSA) is 119 Å². The molecule has 0 aromatic rings. The first-order valence-electron chi connectivity index (χ1n) is 23.0. The van der Waals surface area contributed by atoms with Gasteiger partial charge in [-0.05, 0) is 83.6 Å². The number of nitrogens with one attached hydrogen (secondary N) is 1. The number of unbranched alkanes of at least 4 members (excludes halogenated alkanes) is 26. The van der Waals surface area contributed by atoms with Crippen molar-refractivity contribution < 1.29 is 24.2 Å². The predicted molar refractivity (Wildman–Crippen MR) is 225 cm³/mol. The zero-order valence-electron chi connectivity index (χ0n) is 35.1. The van der Waals surface area contributed by atoms with E-state index in [1.807, 2.05) is 0 Å². The standard InChI is InChI=1S/C46H88N2O5/c1-3-5-7-9-10-11-12-13-14-15-16-17-18-19-20-21-22-23-24-25-26-28-34-40-45(50)53-42(36-31-27-8-6-4-2)37-32-29-30-33-39-44(49)48-43(46(51)52)38-35-41-47/h15-16,42-43H,3-14,17-41,47H2,1-2H3,(H,48,49)(H,51,52)/b16-15-. The Kier molecular flexibility index (Phi) is 39.8. The molecule has 0 aliphatic heterocycles. The van der Waals surface area contributed by atoms with Crippen LogP contribution in [0.1, 0.15) is 245 Å². The fourth-order valence-corrected chi connectivity index (χ4v) is 7.09. The number of nitrogens with two attached hydrogens (primary N) is 1. The molecular weight excluding hydrogens is 661 g/mol. The predicted octanol–water partition coefficient (Wildman–Crippen LogP) is 13.1. The van der Waals surface area contributed by atoms with Gasteiger partial charge in [0.15, 0.2) is 0 Å². The van der Waals surface area contributed by atoms with Crippen LogP contribution in [0.2, 0.25) is 0 Å². The zero-order chi connectivity index (χ0) is 38.9. The Labute approximate surface area is 328 Å². The van der Waals surface area contributed by atoms with E-state index < -0.39 is 12.0 Å². The Balaban J connectivity index is 3.90. The molecule has 0 rings (SSSR count). The van der Waals surface area contributed by atoms with Gasteiger partial charge in [0.1, 0.15) is 12.1 Å². The highest BCUT2D eigenvalue weighted by Gasteiger charge is 2.19. The molecule has 0 saturated carbocycles. The molecule has 2 atom stereocenters. The summed E-state index contributed by atoms with van der Waals surface area (Å²) < 4.78 is 5.98. The van der Waals surface area contributed by atoms with Gasteiger partial charge in [0.2, 0.25) is 5.91 Å². The third-order valence-corrected chi connectivity index (χ3v) is 10.6. The van der Waals surface area contributed by atoms with Gasteiger partial charge in [-0.3, -0.25) is 9.59 Å². The minimum atomic E-state index is -1.01. The average Bonchev–Trinajstić information content (AvgIpc) is 3.14. The van der Waals surface area contributed by atoms with Gasteiger partial charge in [-0.25, -0.2) is 4.79 Å². The van der Waals surface area contributed by atoms with Crippen LogP contribution in [-0.4, -0.2) is 41.6 Å². The molecule has 7 nitrogen and oxygen atoms in total. The second kappa shape index (κ2) is 41.3. The van der Waals surface area contributed by atoms with E-state index in [1.54, 1.807) is 0 Å². The van der Waals surface area contributed by atoms with Crippen LogP contribution in [-0.2, 0) is 19.1 Å². The van der Waals surface area contributed by atoms with Crippen molar-refractivity contribution in [3.8, 4) is 0 Å². The molecular formula is C46H88N2O5. The summed E-state index contributed by atoms with van der Waals surface area (Å²) in [5, 5.41) is 11.9. The number of rotatable bonds is 42. The lowest BCUT2D eigenvalue weighted by Crippen LogP contribution is -2.40. The summed E-state index contributed by atoms with van der Waals surface area (Å²) in [6, 6.07) is -0.861. The maximum Gasteiger partial charge on any atom is 0.326 e. The number of ether oxygens (including phenoxy) is 1. The van der Waals surface area contributed by atoms with Gasteiger partial charge in [-0.1, -0.05) is 167 Å². The van der Waals surface area contributed by atoms with Gasteiger partial charge in [-0.2, -0.15) is 0 Å². The minimum Gasteiger partial charge on any atom is -0.480 e. The lowest BCUT2D eigenvalue weighted by atomic mass is 10.0.